The van der Waals surface area contributed by atoms with E-state index in [0.29, 0.717) is 16.7 Å². The molecule has 0 atom stereocenters. The van der Waals surface area contributed by atoms with E-state index in [9.17, 15) is 0 Å². The van der Waals surface area contributed by atoms with Gasteiger partial charge in [-0.25, -0.2) is 5.43 Å². The van der Waals surface area contributed by atoms with Crippen molar-refractivity contribution in [2.45, 2.75) is 38.5 Å². The summed E-state index contributed by atoms with van der Waals surface area (Å²) in [7, 11) is 0. The molecule has 0 spiro atoms. The fourth-order valence-electron chi connectivity index (χ4n) is 4.25. The van der Waals surface area contributed by atoms with E-state index in [1.807, 2.05) is 36.4 Å². The number of nitrogens with one attached hydrogen (secondary N) is 1. The summed E-state index contributed by atoms with van der Waals surface area (Å²) in [6.07, 6.45) is 8.81. The Morgan fingerprint density at radius 1 is 0.848 bits per heavy atom. The van der Waals surface area contributed by atoms with Crippen molar-refractivity contribution in [1.29, 1.82) is 0 Å². The normalized spacial score (nSPS) is 17.0. The Kier molecular flexibility index (Phi) is 6.71. The maximum Gasteiger partial charge on any atom is 0.250 e. The highest BCUT2D eigenvalue weighted by Crippen LogP contribution is 2.25. The van der Waals surface area contributed by atoms with Crippen LogP contribution in [0.2, 0.25) is 5.02 Å². The Morgan fingerprint density at radius 2 is 1.52 bits per heavy atom. The van der Waals surface area contributed by atoms with Crippen LogP contribution in [0.3, 0.4) is 0 Å². The zero-order chi connectivity index (χ0) is 22.5. The van der Waals surface area contributed by atoms with Crippen LogP contribution in [-0.4, -0.2) is 47.3 Å². The number of furan rings is 1. The molecule has 0 unspecified atom stereocenters. The Hall–Kier alpha value is -3.13. The summed E-state index contributed by atoms with van der Waals surface area (Å²) in [5.41, 5.74) is 3.90. The minimum Gasteiger partial charge on any atom is -0.455 e. The molecule has 0 amide bonds. The number of hydrogen-bond acceptors (Lipinski definition) is 8. The van der Waals surface area contributed by atoms with Gasteiger partial charge >= 0.3 is 0 Å². The van der Waals surface area contributed by atoms with Crippen LogP contribution in [0.5, 0.6) is 0 Å². The first-order chi connectivity index (χ1) is 16.2. The molecule has 2 aliphatic heterocycles. The number of anilines is 3. The van der Waals surface area contributed by atoms with Crippen LogP contribution in [-0.2, 0) is 0 Å². The molecule has 172 valence electrons. The fourth-order valence-corrected chi connectivity index (χ4v) is 4.44. The molecule has 8 nitrogen and oxygen atoms in total. The third-order valence-electron chi connectivity index (χ3n) is 5.98. The summed E-state index contributed by atoms with van der Waals surface area (Å²) in [4.78, 5) is 18.6. The van der Waals surface area contributed by atoms with E-state index < -0.39 is 0 Å². The van der Waals surface area contributed by atoms with Gasteiger partial charge in [0, 0.05) is 36.8 Å². The molecular formula is C24H28ClN7O. The number of rotatable bonds is 6. The highest BCUT2D eigenvalue weighted by atomic mass is 35.5. The smallest absolute Gasteiger partial charge is 0.250 e. The van der Waals surface area contributed by atoms with E-state index >= 15 is 0 Å². The van der Waals surface area contributed by atoms with Crippen molar-refractivity contribution < 1.29 is 4.42 Å². The lowest BCUT2D eigenvalue weighted by molar-refractivity contribution is 0.556. The lowest BCUT2D eigenvalue weighted by atomic mass is 10.1. The Balaban J connectivity index is 1.33. The number of aromatic nitrogens is 3. The minimum absolute atomic E-state index is 0.448. The first-order valence-corrected chi connectivity index (χ1v) is 12.0. The predicted molar refractivity (Wildman–Crippen MR) is 132 cm³/mol. The van der Waals surface area contributed by atoms with E-state index in [4.69, 9.17) is 21.0 Å². The van der Waals surface area contributed by atoms with Crippen molar-refractivity contribution >= 4 is 35.7 Å². The van der Waals surface area contributed by atoms with Gasteiger partial charge in [-0.05, 0) is 62.8 Å². The summed E-state index contributed by atoms with van der Waals surface area (Å²) in [6, 6.07) is 11.3. The number of piperidine rings is 2. The van der Waals surface area contributed by atoms with Crippen LogP contribution in [0.4, 0.5) is 17.8 Å². The van der Waals surface area contributed by atoms with E-state index in [0.717, 1.165) is 49.4 Å². The Bertz CT molecular complexity index is 1070. The third-order valence-corrected chi connectivity index (χ3v) is 6.22. The minimum atomic E-state index is 0.448. The lowest BCUT2D eigenvalue weighted by Gasteiger charge is -2.30. The van der Waals surface area contributed by atoms with Crippen LogP contribution in [0.1, 0.15) is 44.3 Å². The van der Waals surface area contributed by atoms with Crippen molar-refractivity contribution in [2.24, 2.45) is 5.10 Å². The molecule has 1 N–H and O–H groups in total. The molecule has 2 saturated heterocycles. The van der Waals surface area contributed by atoms with Crippen molar-refractivity contribution in [3.05, 3.63) is 47.2 Å². The monoisotopic (exact) mass is 465 g/mol. The fraction of sp³-hybridized carbons (Fsp3) is 0.417. The molecule has 0 bridgehead atoms. The van der Waals surface area contributed by atoms with Gasteiger partial charge < -0.3 is 14.2 Å². The molecule has 1 aromatic carbocycles. The number of benzene rings is 1. The highest BCUT2D eigenvalue weighted by Gasteiger charge is 2.20. The summed E-state index contributed by atoms with van der Waals surface area (Å²) in [5, 5.41) is 5.00. The van der Waals surface area contributed by atoms with Gasteiger partial charge in [0.15, 0.2) is 0 Å². The first kappa shape index (κ1) is 21.7. The van der Waals surface area contributed by atoms with Gasteiger partial charge in [-0.1, -0.05) is 23.7 Å². The van der Waals surface area contributed by atoms with Gasteiger partial charge in [0.25, 0.3) is 0 Å². The molecule has 2 fully saturated rings. The van der Waals surface area contributed by atoms with Crippen molar-refractivity contribution in [3.8, 4) is 11.3 Å². The highest BCUT2D eigenvalue weighted by molar-refractivity contribution is 6.30. The van der Waals surface area contributed by atoms with Crippen LogP contribution in [0.15, 0.2) is 45.9 Å². The molecule has 3 aromatic rings. The molecule has 5 rings (SSSR count). The maximum atomic E-state index is 6.09. The predicted octanol–water partition coefficient (Wildman–Crippen LogP) is 5.21. The summed E-state index contributed by atoms with van der Waals surface area (Å²) in [5.74, 6) is 3.26. The SMILES string of the molecule is Clc1cccc(-c2ccc(/C=N/Nc3nc(N4CCCCC4)nc(N4CCCCC4)n3)o2)c1. The average molecular weight is 466 g/mol. The number of hydrazone groups is 1. The number of hydrogen-bond donors (Lipinski definition) is 1. The quantitative estimate of drug-likeness (QED) is 0.395. The molecule has 2 aromatic heterocycles. The van der Waals surface area contributed by atoms with E-state index in [1.54, 1.807) is 6.21 Å². The van der Waals surface area contributed by atoms with Gasteiger partial charge in [-0.3, -0.25) is 0 Å². The van der Waals surface area contributed by atoms with Gasteiger partial charge in [-0.2, -0.15) is 20.1 Å². The molecule has 0 saturated carbocycles. The maximum absolute atomic E-state index is 6.09. The van der Waals surface area contributed by atoms with Gasteiger partial charge in [-0.15, -0.1) is 0 Å². The van der Waals surface area contributed by atoms with Gasteiger partial charge in [0.2, 0.25) is 17.8 Å². The average Bonchev–Trinajstić information content (AvgIpc) is 3.34. The topological polar surface area (TPSA) is 82.7 Å². The Labute approximate surface area is 198 Å². The van der Waals surface area contributed by atoms with Gasteiger partial charge in [0.1, 0.15) is 11.5 Å². The van der Waals surface area contributed by atoms with Crippen LogP contribution < -0.4 is 15.2 Å². The Morgan fingerprint density at radius 3 is 2.15 bits per heavy atom. The number of halogens is 1. The molecule has 33 heavy (non-hydrogen) atoms. The van der Waals surface area contributed by atoms with Crippen LogP contribution in [0, 0.1) is 0 Å². The van der Waals surface area contributed by atoms with E-state index in [2.05, 4.69) is 30.3 Å². The molecule has 0 aliphatic carbocycles. The second-order valence-corrected chi connectivity index (χ2v) is 8.87. The van der Waals surface area contributed by atoms with E-state index in [1.165, 1.54) is 38.5 Å². The largest absolute Gasteiger partial charge is 0.455 e. The molecule has 4 heterocycles. The molecule has 2 aliphatic rings. The standard InChI is InChI=1S/C24H28ClN7O/c25-19-9-7-8-18(16-19)21-11-10-20(33-21)17-26-30-22-27-23(31-12-3-1-4-13-31)29-24(28-22)32-14-5-2-6-15-32/h7-11,16-17H,1-6,12-15H2,(H,27,28,29,30)/b26-17+. The zero-order valence-corrected chi connectivity index (χ0v) is 19.3. The zero-order valence-electron chi connectivity index (χ0n) is 18.6. The third kappa shape index (κ3) is 5.45. The summed E-state index contributed by atoms with van der Waals surface area (Å²) in [6.45, 7) is 3.91. The number of nitrogens with zero attached hydrogens (tertiary/aromatic N) is 6. The van der Waals surface area contributed by atoms with Crippen molar-refractivity contribution in [2.75, 3.05) is 41.4 Å². The lowest BCUT2D eigenvalue weighted by Crippen LogP contribution is -2.34. The summed E-state index contributed by atoms with van der Waals surface area (Å²) < 4.78 is 5.88. The van der Waals surface area contributed by atoms with Gasteiger partial charge in [0.05, 0.1) is 6.21 Å². The molecule has 0 radical (unpaired) electrons. The molecular weight excluding hydrogens is 438 g/mol. The van der Waals surface area contributed by atoms with E-state index in [-0.39, 0.29) is 0 Å². The van der Waals surface area contributed by atoms with Crippen LogP contribution >= 0.6 is 11.6 Å². The van der Waals surface area contributed by atoms with Crippen molar-refractivity contribution in [1.82, 2.24) is 15.0 Å². The van der Waals surface area contributed by atoms with Crippen molar-refractivity contribution in [3.63, 3.8) is 0 Å². The summed E-state index contributed by atoms with van der Waals surface area (Å²) >= 11 is 6.09. The second-order valence-electron chi connectivity index (χ2n) is 8.44. The molecule has 9 heteroatoms. The first-order valence-electron chi connectivity index (χ1n) is 11.7. The van der Waals surface area contributed by atoms with Crippen LogP contribution in [0.25, 0.3) is 11.3 Å². The second kappa shape index (κ2) is 10.2.